The highest BCUT2D eigenvalue weighted by Crippen LogP contribution is 2.27. The number of ether oxygens (including phenoxy) is 2. The maximum atomic E-state index is 10.7. The fraction of sp³-hybridized carbons (Fsp3) is 0.133. The Labute approximate surface area is 135 Å². The molecule has 1 N–H and O–H groups in total. The molecule has 0 aliphatic heterocycles. The van der Waals surface area contributed by atoms with E-state index in [1.165, 1.54) is 12.1 Å². The van der Waals surface area contributed by atoms with Crippen LogP contribution < -0.4 is 9.47 Å². The van der Waals surface area contributed by atoms with Gasteiger partial charge in [-0.05, 0) is 42.5 Å². The molecule has 0 aliphatic rings. The molecule has 0 atom stereocenters. The van der Waals surface area contributed by atoms with Gasteiger partial charge in [0.1, 0.15) is 24.7 Å². The molecule has 4 nitrogen and oxygen atoms in total. The zero-order valence-corrected chi connectivity index (χ0v) is 13.2. The van der Waals surface area contributed by atoms with Crippen LogP contribution in [0.2, 0.25) is 5.02 Å². The molecule has 0 amide bonds. The first-order valence-electron chi connectivity index (χ1n) is 6.10. The summed E-state index contributed by atoms with van der Waals surface area (Å²) in [6, 6.07) is 11.5. The second kappa shape index (κ2) is 7.33. The van der Waals surface area contributed by atoms with Crippen molar-refractivity contribution in [3.8, 4) is 11.5 Å². The predicted octanol–water partition coefficient (Wildman–Crippen LogP) is 4.26. The molecule has 2 rings (SSSR count). The molecule has 0 aromatic heterocycles. The van der Waals surface area contributed by atoms with Crippen molar-refractivity contribution < 1.29 is 19.4 Å². The number of carbonyl (C=O) groups is 1. The van der Waals surface area contributed by atoms with Gasteiger partial charge in [-0.15, -0.1) is 0 Å². The van der Waals surface area contributed by atoms with E-state index in [1.807, 2.05) is 6.07 Å². The van der Waals surface area contributed by atoms with Crippen LogP contribution in [0, 0.1) is 0 Å². The van der Waals surface area contributed by atoms with Gasteiger partial charge in [-0.2, -0.15) is 0 Å². The van der Waals surface area contributed by atoms with Crippen molar-refractivity contribution >= 4 is 33.5 Å². The van der Waals surface area contributed by atoms with Gasteiger partial charge >= 0.3 is 5.97 Å². The molecule has 110 valence electrons. The minimum Gasteiger partial charge on any atom is -0.490 e. The first-order chi connectivity index (χ1) is 10.1. The zero-order valence-electron chi connectivity index (χ0n) is 10.9. The number of benzene rings is 2. The van der Waals surface area contributed by atoms with Crippen molar-refractivity contribution in [3.05, 3.63) is 57.5 Å². The Balaban J connectivity index is 1.81. The van der Waals surface area contributed by atoms with Crippen LogP contribution in [-0.2, 0) is 0 Å². The van der Waals surface area contributed by atoms with Gasteiger partial charge in [0.2, 0.25) is 0 Å². The molecule has 0 fully saturated rings. The number of hydrogen-bond donors (Lipinski definition) is 1. The Bertz CT molecular complexity index is 628. The Morgan fingerprint density at radius 1 is 1.10 bits per heavy atom. The number of halogens is 2. The van der Waals surface area contributed by atoms with E-state index in [2.05, 4.69) is 15.9 Å². The van der Waals surface area contributed by atoms with Crippen LogP contribution in [0.25, 0.3) is 0 Å². The van der Waals surface area contributed by atoms with E-state index in [4.69, 9.17) is 26.2 Å². The Kier molecular flexibility index (Phi) is 5.47. The largest absolute Gasteiger partial charge is 0.490 e. The lowest BCUT2D eigenvalue weighted by Crippen LogP contribution is -2.09. The number of rotatable bonds is 6. The second-order valence-corrected chi connectivity index (χ2v) is 5.42. The fourth-order valence-electron chi connectivity index (χ4n) is 1.59. The van der Waals surface area contributed by atoms with Crippen LogP contribution in [0.1, 0.15) is 10.4 Å². The normalized spacial score (nSPS) is 10.2. The van der Waals surface area contributed by atoms with E-state index in [9.17, 15) is 4.79 Å². The SMILES string of the molecule is O=C(O)c1ccc(OCCOc2cc(Br)ccc2Cl)cc1. The summed E-state index contributed by atoms with van der Waals surface area (Å²) in [6.07, 6.45) is 0. The van der Waals surface area contributed by atoms with Gasteiger partial charge in [-0.3, -0.25) is 0 Å². The molecule has 0 aliphatic carbocycles. The van der Waals surface area contributed by atoms with Crippen LogP contribution in [0.3, 0.4) is 0 Å². The summed E-state index contributed by atoms with van der Waals surface area (Å²) in [5, 5.41) is 9.32. The molecule has 21 heavy (non-hydrogen) atoms. The molecule has 0 radical (unpaired) electrons. The smallest absolute Gasteiger partial charge is 0.335 e. The highest BCUT2D eigenvalue weighted by atomic mass is 79.9. The Morgan fingerprint density at radius 2 is 1.76 bits per heavy atom. The Hall–Kier alpha value is -1.72. The van der Waals surface area contributed by atoms with Gasteiger partial charge in [-0.25, -0.2) is 4.79 Å². The molecule has 0 bridgehead atoms. The molecular formula is C15H12BrClO4. The minimum atomic E-state index is -0.964. The van der Waals surface area contributed by atoms with Crippen molar-refractivity contribution in [2.75, 3.05) is 13.2 Å². The maximum absolute atomic E-state index is 10.7. The zero-order chi connectivity index (χ0) is 15.2. The van der Waals surface area contributed by atoms with Gasteiger partial charge in [0, 0.05) is 4.47 Å². The molecule has 0 saturated carbocycles. The van der Waals surface area contributed by atoms with Gasteiger partial charge in [0.15, 0.2) is 0 Å². The van der Waals surface area contributed by atoms with Crippen molar-refractivity contribution in [1.29, 1.82) is 0 Å². The molecule has 2 aromatic carbocycles. The third-order valence-electron chi connectivity index (χ3n) is 2.60. The summed E-state index contributed by atoms with van der Waals surface area (Å²) in [6.45, 7) is 0.659. The average Bonchev–Trinajstić information content (AvgIpc) is 2.47. The van der Waals surface area contributed by atoms with Gasteiger partial charge in [-0.1, -0.05) is 27.5 Å². The molecule has 0 saturated heterocycles. The Morgan fingerprint density at radius 3 is 2.43 bits per heavy atom. The highest BCUT2D eigenvalue weighted by Gasteiger charge is 2.04. The first kappa shape index (κ1) is 15.7. The van der Waals surface area contributed by atoms with Gasteiger partial charge < -0.3 is 14.6 Å². The topological polar surface area (TPSA) is 55.8 Å². The van der Waals surface area contributed by atoms with Crippen LogP contribution >= 0.6 is 27.5 Å². The van der Waals surface area contributed by atoms with Crippen LogP contribution in [0.4, 0.5) is 0 Å². The van der Waals surface area contributed by atoms with E-state index < -0.39 is 5.97 Å². The van der Waals surface area contributed by atoms with E-state index in [0.29, 0.717) is 29.7 Å². The van der Waals surface area contributed by atoms with Gasteiger partial charge in [0.25, 0.3) is 0 Å². The molecular weight excluding hydrogens is 360 g/mol. The van der Waals surface area contributed by atoms with Crippen LogP contribution in [0.15, 0.2) is 46.9 Å². The number of carboxylic acid groups (broad SMARTS) is 1. The average molecular weight is 372 g/mol. The lowest BCUT2D eigenvalue weighted by Gasteiger charge is -2.10. The van der Waals surface area contributed by atoms with Crippen molar-refractivity contribution in [2.45, 2.75) is 0 Å². The van der Waals surface area contributed by atoms with Crippen LogP contribution in [-0.4, -0.2) is 24.3 Å². The monoisotopic (exact) mass is 370 g/mol. The molecule has 0 spiro atoms. The minimum absolute atomic E-state index is 0.222. The summed E-state index contributed by atoms with van der Waals surface area (Å²) in [5.74, 6) is 0.203. The second-order valence-electron chi connectivity index (χ2n) is 4.10. The van der Waals surface area contributed by atoms with Crippen LogP contribution in [0.5, 0.6) is 11.5 Å². The molecule has 2 aromatic rings. The standard InChI is InChI=1S/C15H12BrClO4/c16-11-3-6-13(17)14(9-11)21-8-7-20-12-4-1-10(2-5-12)15(18)19/h1-6,9H,7-8H2,(H,18,19). The number of carboxylic acids is 1. The third kappa shape index (κ3) is 4.65. The fourth-order valence-corrected chi connectivity index (χ4v) is 2.10. The lowest BCUT2D eigenvalue weighted by molar-refractivity contribution is 0.0697. The maximum Gasteiger partial charge on any atom is 0.335 e. The molecule has 6 heteroatoms. The van der Waals surface area contributed by atoms with Gasteiger partial charge in [0.05, 0.1) is 10.6 Å². The summed E-state index contributed by atoms with van der Waals surface area (Å²) >= 11 is 9.34. The summed E-state index contributed by atoms with van der Waals surface area (Å²) < 4.78 is 11.9. The summed E-state index contributed by atoms with van der Waals surface area (Å²) in [5.41, 5.74) is 0.222. The molecule has 0 heterocycles. The highest BCUT2D eigenvalue weighted by molar-refractivity contribution is 9.10. The first-order valence-corrected chi connectivity index (χ1v) is 7.27. The van der Waals surface area contributed by atoms with Crippen molar-refractivity contribution in [1.82, 2.24) is 0 Å². The lowest BCUT2D eigenvalue weighted by atomic mass is 10.2. The molecule has 0 unspecified atom stereocenters. The quantitative estimate of drug-likeness (QED) is 0.771. The van der Waals surface area contributed by atoms with Crippen molar-refractivity contribution in [2.24, 2.45) is 0 Å². The third-order valence-corrected chi connectivity index (χ3v) is 3.41. The van der Waals surface area contributed by atoms with E-state index in [-0.39, 0.29) is 5.56 Å². The number of aromatic carboxylic acids is 1. The summed E-state index contributed by atoms with van der Waals surface area (Å²) in [4.78, 5) is 10.7. The predicted molar refractivity (Wildman–Crippen MR) is 83.5 cm³/mol. The summed E-state index contributed by atoms with van der Waals surface area (Å²) in [7, 11) is 0. The number of hydrogen-bond acceptors (Lipinski definition) is 3. The van der Waals surface area contributed by atoms with E-state index >= 15 is 0 Å². The van der Waals surface area contributed by atoms with Crippen molar-refractivity contribution in [3.63, 3.8) is 0 Å². The van der Waals surface area contributed by atoms with E-state index in [0.717, 1.165) is 4.47 Å². The van der Waals surface area contributed by atoms with E-state index in [1.54, 1.807) is 24.3 Å².